The summed E-state index contributed by atoms with van der Waals surface area (Å²) in [5.74, 6) is 0.309. The Morgan fingerprint density at radius 1 is 1.20 bits per heavy atom. The lowest BCUT2D eigenvalue weighted by Gasteiger charge is -2.41. The number of hydrogen-bond acceptors (Lipinski definition) is 3. The average molecular weight is 404 g/mol. The number of carbonyl (C=O) groups is 1. The van der Waals surface area contributed by atoms with Crippen molar-refractivity contribution in [3.63, 3.8) is 0 Å². The molecular formula is C25H31N4O+. The first-order chi connectivity index (χ1) is 14.6. The van der Waals surface area contributed by atoms with Gasteiger partial charge in [-0.05, 0) is 49.2 Å². The third kappa shape index (κ3) is 3.17. The van der Waals surface area contributed by atoms with Gasteiger partial charge >= 0.3 is 5.91 Å². The quantitative estimate of drug-likeness (QED) is 0.672. The van der Waals surface area contributed by atoms with Crippen molar-refractivity contribution in [3.8, 4) is 0 Å². The molecule has 5 nitrogen and oxygen atoms in total. The number of likely N-dealkylation sites (tertiary alicyclic amines) is 1. The van der Waals surface area contributed by atoms with Crippen LogP contribution in [0, 0.1) is 6.92 Å². The van der Waals surface area contributed by atoms with Crippen LogP contribution < -0.4 is 5.32 Å². The van der Waals surface area contributed by atoms with E-state index in [-0.39, 0.29) is 0 Å². The summed E-state index contributed by atoms with van der Waals surface area (Å²) in [4.78, 5) is 18.3. The zero-order valence-electron chi connectivity index (χ0n) is 18.0. The topological polar surface area (TPSA) is 46.9 Å². The van der Waals surface area contributed by atoms with Gasteiger partial charge in [0.1, 0.15) is 6.04 Å². The van der Waals surface area contributed by atoms with Crippen molar-refractivity contribution in [1.29, 1.82) is 0 Å². The Labute approximate surface area is 178 Å². The number of carbonyl (C=O) groups excluding carboxylic acids is 1. The van der Waals surface area contributed by atoms with E-state index in [4.69, 9.17) is 0 Å². The number of benzene rings is 2. The molecule has 2 saturated heterocycles. The molecule has 5 rings (SSSR count). The Bertz CT molecular complexity index is 1060. The first-order valence-electron chi connectivity index (χ1n) is 11.2. The van der Waals surface area contributed by atoms with E-state index in [9.17, 15) is 4.79 Å². The van der Waals surface area contributed by atoms with E-state index in [0.29, 0.717) is 22.5 Å². The Hall–Kier alpha value is -2.50. The molecule has 3 atom stereocenters. The summed E-state index contributed by atoms with van der Waals surface area (Å²) in [5.41, 5.74) is 5.44. The molecule has 156 valence electrons. The molecular weight excluding hydrogens is 372 g/mol. The molecule has 2 fully saturated rings. The lowest BCUT2D eigenvalue weighted by Crippen LogP contribution is -2.61. The van der Waals surface area contributed by atoms with Gasteiger partial charge in [0, 0.05) is 38.9 Å². The first-order valence-corrected chi connectivity index (χ1v) is 11.2. The van der Waals surface area contributed by atoms with Crippen LogP contribution >= 0.6 is 0 Å². The predicted octanol–water partition coefficient (Wildman–Crippen LogP) is 3.89. The summed E-state index contributed by atoms with van der Waals surface area (Å²) in [7, 11) is 0. The highest BCUT2D eigenvalue weighted by Gasteiger charge is 2.52. The van der Waals surface area contributed by atoms with Gasteiger partial charge in [0.05, 0.1) is 35.5 Å². The van der Waals surface area contributed by atoms with E-state index < -0.39 is 0 Å². The molecule has 3 aromatic rings. The zero-order valence-corrected chi connectivity index (χ0v) is 18.0. The van der Waals surface area contributed by atoms with E-state index in [2.05, 4.69) is 59.0 Å². The fourth-order valence-electron chi connectivity index (χ4n) is 5.63. The monoisotopic (exact) mass is 403 g/mol. The van der Waals surface area contributed by atoms with Crippen molar-refractivity contribution in [2.24, 2.45) is 0 Å². The number of aryl methyl sites for hydroxylation is 1. The molecule has 5 heteroatoms. The summed E-state index contributed by atoms with van der Waals surface area (Å²) in [6.45, 7) is 8.09. The Morgan fingerprint density at radius 3 is 2.73 bits per heavy atom. The molecule has 1 N–H and O–H groups in total. The molecule has 2 aromatic carbocycles. The van der Waals surface area contributed by atoms with Gasteiger partial charge in [-0.2, -0.15) is 0 Å². The number of aromatic nitrogens is 2. The van der Waals surface area contributed by atoms with E-state index in [1.165, 1.54) is 11.1 Å². The first kappa shape index (κ1) is 19.5. The van der Waals surface area contributed by atoms with Crippen molar-refractivity contribution in [1.82, 2.24) is 14.9 Å². The summed E-state index contributed by atoms with van der Waals surface area (Å²) < 4.78 is 2.81. The minimum Gasteiger partial charge on any atom is -0.326 e. The molecule has 1 amide bonds. The molecule has 0 radical (unpaired) electrons. The van der Waals surface area contributed by atoms with Gasteiger partial charge in [-0.25, -0.2) is 9.78 Å². The number of amides is 1. The van der Waals surface area contributed by atoms with Gasteiger partial charge in [0.25, 0.3) is 0 Å². The molecule has 3 heterocycles. The van der Waals surface area contributed by atoms with Crippen molar-refractivity contribution >= 4 is 16.9 Å². The third-order valence-corrected chi connectivity index (χ3v) is 7.33. The van der Waals surface area contributed by atoms with E-state index >= 15 is 0 Å². The van der Waals surface area contributed by atoms with Crippen LogP contribution in [0.15, 0.2) is 48.8 Å². The highest BCUT2D eigenvalue weighted by molar-refractivity contribution is 5.89. The fraction of sp³-hybridized carbons (Fsp3) is 0.440. The van der Waals surface area contributed by atoms with Crippen LogP contribution in [0.4, 0.5) is 0 Å². The van der Waals surface area contributed by atoms with Crippen LogP contribution in [-0.4, -0.2) is 51.7 Å². The number of fused-ring (bicyclic) bond motifs is 1. The molecule has 0 spiro atoms. The van der Waals surface area contributed by atoms with Crippen LogP contribution in [0.5, 0.6) is 0 Å². The lowest BCUT2D eigenvalue weighted by atomic mass is 10.0. The average Bonchev–Trinajstić information content (AvgIpc) is 3.49. The van der Waals surface area contributed by atoms with E-state index in [0.717, 1.165) is 62.0 Å². The maximum Gasteiger partial charge on any atom is 0.346 e. The number of hydrogen-bond donors (Lipinski definition) is 1. The fourth-order valence-corrected chi connectivity index (χ4v) is 5.63. The molecule has 0 saturated carbocycles. The van der Waals surface area contributed by atoms with Crippen molar-refractivity contribution < 1.29 is 9.28 Å². The maximum absolute atomic E-state index is 13.7. The Balaban J connectivity index is 1.39. The number of imidazole rings is 1. The lowest BCUT2D eigenvalue weighted by molar-refractivity contribution is -0.881. The second kappa shape index (κ2) is 7.64. The van der Waals surface area contributed by atoms with Crippen molar-refractivity contribution in [3.05, 3.63) is 65.5 Å². The van der Waals surface area contributed by atoms with Gasteiger partial charge in [-0.3, -0.25) is 4.48 Å². The predicted molar refractivity (Wildman–Crippen MR) is 119 cm³/mol. The van der Waals surface area contributed by atoms with E-state index in [1.807, 2.05) is 18.5 Å². The van der Waals surface area contributed by atoms with Gasteiger partial charge in [0.2, 0.25) is 0 Å². The number of nitrogens with one attached hydrogen (secondary N) is 1. The minimum atomic E-state index is 0.309. The smallest absolute Gasteiger partial charge is 0.326 e. The number of nitrogens with zero attached hydrogens (tertiary/aromatic N) is 3. The van der Waals surface area contributed by atoms with Crippen LogP contribution in [0.1, 0.15) is 47.7 Å². The Kier molecular flexibility index (Phi) is 4.95. The van der Waals surface area contributed by atoms with Crippen molar-refractivity contribution in [2.75, 3.05) is 19.6 Å². The summed E-state index contributed by atoms with van der Waals surface area (Å²) >= 11 is 0. The van der Waals surface area contributed by atoms with E-state index in [1.54, 1.807) is 0 Å². The maximum atomic E-state index is 13.7. The summed E-state index contributed by atoms with van der Waals surface area (Å²) in [6, 6.07) is 15.5. The minimum absolute atomic E-state index is 0.309. The second-order valence-electron chi connectivity index (χ2n) is 9.16. The second-order valence-corrected chi connectivity index (χ2v) is 9.16. The third-order valence-electron chi connectivity index (χ3n) is 7.33. The van der Waals surface area contributed by atoms with Crippen LogP contribution in [0.2, 0.25) is 0 Å². The standard InChI is InChI=1S/C25H31N4O/c1-18-5-10-24-23(14-18)27-17-28(24)16-20-6-8-21(9-7-20)25(30)29(13-3-4-19(29)2)22-11-12-26-15-22/h5-10,14,17,19,22,26H,3-4,11-13,15-16H2,1-2H3/q+1/t19-,22?,29?/m1/s1. The molecule has 2 aliphatic heterocycles. The normalized spacial score (nSPS) is 26.5. The van der Waals surface area contributed by atoms with Crippen LogP contribution in [0.3, 0.4) is 0 Å². The van der Waals surface area contributed by atoms with Crippen LogP contribution in [0.25, 0.3) is 11.0 Å². The van der Waals surface area contributed by atoms with Gasteiger partial charge in [-0.1, -0.05) is 18.2 Å². The molecule has 1 aromatic heterocycles. The number of quaternary nitrogens is 1. The number of rotatable bonds is 4. The van der Waals surface area contributed by atoms with Gasteiger partial charge in [-0.15, -0.1) is 0 Å². The zero-order chi connectivity index (χ0) is 20.7. The SMILES string of the molecule is Cc1ccc2c(c1)ncn2Cc1ccc(C(=O)[N+]2(C3CCNC3)CCC[C@H]2C)cc1. The molecule has 0 aliphatic carbocycles. The highest BCUT2D eigenvalue weighted by Crippen LogP contribution is 2.35. The molecule has 0 bridgehead atoms. The summed E-state index contributed by atoms with van der Waals surface area (Å²) in [6.07, 6.45) is 5.30. The van der Waals surface area contributed by atoms with Crippen molar-refractivity contribution in [2.45, 2.75) is 51.7 Å². The Morgan fingerprint density at radius 2 is 2.03 bits per heavy atom. The highest BCUT2D eigenvalue weighted by atomic mass is 16.2. The van der Waals surface area contributed by atoms with Gasteiger partial charge < -0.3 is 9.88 Å². The van der Waals surface area contributed by atoms with Gasteiger partial charge in [0.15, 0.2) is 0 Å². The van der Waals surface area contributed by atoms with Crippen LogP contribution in [-0.2, 0) is 6.54 Å². The largest absolute Gasteiger partial charge is 0.346 e. The summed E-state index contributed by atoms with van der Waals surface area (Å²) in [5, 5.41) is 3.48. The molecule has 2 aliphatic rings. The molecule has 2 unspecified atom stereocenters. The molecule has 30 heavy (non-hydrogen) atoms.